The zero-order valence-corrected chi connectivity index (χ0v) is 12.4. The van der Waals surface area contributed by atoms with Crippen molar-refractivity contribution >= 4 is 45.9 Å². The van der Waals surface area contributed by atoms with Crippen LogP contribution in [-0.2, 0) is 0 Å². The number of amides is 1. The average molecular weight is 322 g/mol. The van der Waals surface area contributed by atoms with Gasteiger partial charge in [-0.05, 0) is 24.3 Å². The van der Waals surface area contributed by atoms with Gasteiger partial charge in [0.2, 0.25) is 0 Å². The molecule has 3 rings (SSSR count). The molecule has 1 amide bonds. The second-order valence-corrected chi connectivity index (χ2v) is 5.15. The first-order chi connectivity index (χ1) is 10.0. The van der Waals surface area contributed by atoms with Crippen molar-refractivity contribution in [2.45, 2.75) is 6.92 Å². The van der Waals surface area contributed by atoms with Crippen LogP contribution in [0.4, 0.5) is 5.69 Å². The second-order valence-electron chi connectivity index (χ2n) is 4.37. The summed E-state index contributed by atoms with van der Waals surface area (Å²) in [7, 11) is 0. The highest BCUT2D eigenvalue weighted by molar-refractivity contribution is 6.33. The fraction of sp³-hybridized carbons (Fsp3) is 0.0714. The molecular formula is C14H9Cl2N3O2. The van der Waals surface area contributed by atoms with Crippen molar-refractivity contribution in [3.63, 3.8) is 0 Å². The summed E-state index contributed by atoms with van der Waals surface area (Å²) in [5.74, 6) is 0.234. The summed E-state index contributed by atoms with van der Waals surface area (Å²) in [6.45, 7) is 1.76. The Morgan fingerprint density at radius 1 is 1.14 bits per heavy atom. The molecule has 0 saturated heterocycles. The van der Waals surface area contributed by atoms with E-state index in [1.54, 1.807) is 25.1 Å². The van der Waals surface area contributed by atoms with Crippen molar-refractivity contribution in [2.24, 2.45) is 0 Å². The third kappa shape index (κ3) is 2.99. The fourth-order valence-corrected chi connectivity index (χ4v) is 2.38. The Morgan fingerprint density at radius 3 is 2.57 bits per heavy atom. The van der Waals surface area contributed by atoms with Gasteiger partial charge in [0.25, 0.3) is 5.91 Å². The molecule has 0 unspecified atom stereocenters. The quantitative estimate of drug-likeness (QED) is 0.722. The third-order valence-electron chi connectivity index (χ3n) is 2.78. The van der Waals surface area contributed by atoms with E-state index in [0.717, 1.165) is 5.52 Å². The number of nitrogens with one attached hydrogen (secondary N) is 1. The molecule has 0 fully saturated rings. The molecule has 0 aliphatic carbocycles. The molecule has 0 spiro atoms. The van der Waals surface area contributed by atoms with Crippen LogP contribution in [0.25, 0.3) is 11.1 Å². The van der Waals surface area contributed by atoms with E-state index in [2.05, 4.69) is 15.3 Å². The van der Waals surface area contributed by atoms with Gasteiger partial charge in [-0.2, -0.15) is 0 Å². The Bertz CT molecular complexity index is 825. The third-order valence-corrected chi connectivity index (χ3v) is 3.17. The van der Waals surface area contributed by atoms with Gasteiger partial charge in [0.05, 0.1) is 0 Å². The van der Waals surface area contributed by atoms with Crippen LogP contribution in [0.15, 0.2) is 34.7 Å². The molecule has 21 heavy (non-hydrogen) atoms. The van der Waals surface area contributed by atoms with Gasteiger partial charge in [-0.1, -0.05) is 23.2 Å². The molecule has 0 saturated carbocycles. The summed E-state index contributed by atoms with van der Waals surface area (Å²) >= 11 is 11.6. The van der Waals surface area contributed by atoms with Crippen molar-refractivity contribution in [1.82, 2.24) is 9.97 Å². The Balaban J connectivity index is 1.88. The maximum atomic E-state index is 12.2. The van der Waals surface area contributed by atoms with Crippen LogP contribution in [0.3, 0.4) is 0 Å². The maximum Gasteiger partial charge on any atom is 0.255 e. The Hall–Kier alpha value is -2.11. The average Bonchev–Trinajstić information content (AvgIpc) is 2.77. The van der Waals surface area contributed by atoms with E-state index in [4.69, 9.17) is 27.6 Å². The standard InChI is InChI=1S/C14H9Cl2N3O2/c1-7-17-10-3-2-9(6-11(10)21-7)18-14(20)8-4-12(15)19-13(16)5-8/h2-6H,1H3,(H,18,20). The highest BCUT2D eigenvalue weighted by atomic mass is 35.5. The van der Waals surface area contributed by atoms with Gasteiger partial charge >= 0.3 is 0 Å². The molecule has 5 nitrogen and oxygen atoms in total. The number of halogens is 2. The predicted molar refractivity (Wildman–Crippen MR) is 81.0 cm³/mol. The van der Waals surface area contributed by atoms with Gasteiger partial charge in [-0.3, -0.25) is 4.79 Å². The van der Waals surface area contributed by atoms with Crippen molar-refractivity contribution < 1.29 is 9.21 Å². The minimum Gasteiger partial charge on any atom is -0.441 e. The molecule has 3 aromatic rings. The minimum atomic E-state index is -0.336. The van der Waals surface area contributed by atoms with E-state index < -0.39 is 0 Å². The number of benzene rings is 1. The number of aromatic nitrogens is 2. The topological polar surface area (TPSA) is 68.0 Å². The molecule has 0 aliphatic heterocycles. The Morgan fingerprint density at radius 2 is 1.86 bits per heavy atom. The SMILES string of the molecule is Cc1nc2ccc(NC(=O)c3cc(Cl)nc(Cl)c3)cc2o1. The van der Waals surface area contributed by atoms with Crippen molar-refractivity contribution in [2.75, 3.05) is 5.32 Å². The molecule has 1 N–H and O–H groups in total. The van der Waals surface area contributed by atoms with Crippen LogP contribution in [0, 0.1) is 6.92 Å². The number of hydrogen-bond donors (Lipinski definition) is 1. The summed E-state index contributed by atoms with van der Waals surface area (Å²) in [4.78, 5) is 20.1. The van der Waals surface area contributed by atoms with Crippen LogP contribution in [-0.4, -0.2) is 15.9 Å². The number of pyridine rings is 1. The van der Waals surface area contributed by atoms with Gasteiger partial charge in [0, 0.05) is 24.2 Å². The van der Waals surface area contributed by atoms with E-state index in [1.165, 1.54) is 12.1 Å². The summed E-state index contributed by atoms with van der Waals surface area (Å²) in [6.07, 6.45) is 0. The molecule has 2 heterocycles. The van der Waals surface area contributed by atoms with Crippen molar-refractivity contribution in [3.05, 3.63) is 52.1 Å². The molecule has 0 radical (unpaired) electrons. The molecule has 2 aromatic heterocycles. The molecule has 0 aliphatic rings. The molecule has 1 aromatic carbocycles. The normalized spacial score (nSPS) is 10.8. The number of rotatable bonds is 2. The first-order valence-electron chi connectivity index (χ1n) is 6.03. The Labute approximate surface area is 129 Å². The Kier molecular flexibility index (Phi) is 3.53. The van der Waals surface area contributed by atoms with E-state index >= 15 is 0 Å². The van der Waals surface area contributed by atoms with Crippen LogP contribution >= 0.6 is 23.2 Å². The largest absolute Gasteiger partial charge is 0.441 e. The number of anilines is 1. The van der Waals surface area contributed by atoms with E-state index in [0.29, 0.717) is 22.7 Å². The fourth-order valence-electron chi connectivity index (χ4n) is 1.92. The van der Waals surface area contributed by atoms with E-state index in [9.17, 15) is 4.79 Å². The van der Waals surface area contributed by atoms with E-state index in [-0.39, 0.29) is 16.2 Å². The number of oxazole rings is 1. The van der Waals surface area contributed by atoms with Gasteiger partial charge in [-0.15, -0.1) is 0 Å². The number of nitrogens with zero attached hydrogens (tertiary/aromatic N) is 2. The number of hydrogen-bond acceptors (Lipinski definition) is 4. The molecule has 106 valence electrons. The zero-order valence-electron chi connectivity index (χ0n) is 10.9. The molecular weight excluding hydrogens is 313 g/mol. The summed E-state index contributed by atoms with van der Waals surface area (Å²) < 4.78 is 5.42. The number of carbonyl (C=O) groups is 1. The zero-order chi connectivity index (χ0) is 15.0. The minimum absolute atomic E-state index is 0.161. The smallest absolute Gasteiger partial charge is 0.255 e. The van der Waals surface area contributed by atoms with Crippen molar-refractivity contribution in [1.29, 1.82) is 0 Å². The lowest BCUT2D eigenvalue weighted by atomic mass is 10.2. The van der Waals surface area contributed by atoms with E-state index in [1.807, 2.05) is 0 Å². The van der Waals surface area contributed by atoms with Crippen LogP contribution < -0.4 is 5.32 Å². The summed E-state index contributed by atoms with van der Waals surface area (Å²) in [5, 5.41) is 3.06. The van der Waals surface area contributed by atoms with Crippen molar-refractivity contribution in [3.8, 4) is 0 Å². The highest BCUT2D eigenvalue weighted by Gasteiger charge is 2.10. The van der Waals surface area contributed by atoms with Gasteiger partial charge in [-0.25, -0.2) is 9.97 Å². The first kappa shape index (κ1) is 13.9. The highest BCUT2D eigenvalue weighted by Crippen LogP contribution is 2.21. The van der Waals surface area contributed by atoms with Gasteiger partial charge < -0.3 is 9.73 Å². The lowest BCUT2D eigenvalue weighted by molar-refractivity contribution is 0.102. The number of fused-ring (bicyclic) bond motifs is 1. The monoisotopic (exact) mass is 321 g/mol. The predicted octanol–water partition coefficient (Wildman–Crippen LogP) is 4.09. The number of aryl methyl sites for hydroxylation is 1. The first-order valence-corrected chi connectivity index (χ1v) is 6.78. The molecule has 0 bridgehead atoms. The second kappa shape index (κ2) is 5.35. The van der Waals surface area contributed by atoms with Crippen LogP contribution in [0.1, 0.15) is 16.2 Å². The maximum absolute atomic E-state index is 12.2. The summed E-state index contributed by atoms with van der Waals surface area (Å²) in [5.41, 5.74) is 2.26. The lowest BCUT2D eigenvalue weighted by Gasteiger charge is -2.05. The van der Waals surface area contributed by atoms with Gasteiger partial charge in [0.15, 0.2) is 11.5 Å². The number of carbonyl (C=O) groups excluding carboxylic acids is 1. The lowest BCUT2D eigenvalue weighted by Crippen LogP contribution is -2.12. The molecule has 7 heteroatoms. The summed E-state index contributed by atoms with van der Waals surface area (Å²) in [6, 6.07) is 8.11. The molecule has 0 atom stereocenters. The van der Waals surface area contributed by atoms with Crippen LogP contribution in [0.2, 0.25) is 10.3 Å². The van der Waals surface area contributed by atoms with Gasteiger partial charge in [0.1, 0.15) is 15.8 Å². The van der Waals surface area contributed by atoms with Crippen LogP contribution in [0.5, 0.6) is 0 Å².